The average Bonchev–Trinajstić information content (AvgIpc) is 4.02. The summed E-state index contributed by atoms with van der Waals surface area (Å²) in [6, 6.07) is 71.2. The van der Waals surface area contributed by atoms with Gasteiger partial charge in [-0.1, -0.05) is 109 Å². The minimum Gasteiger partial charge on any atom is -0.456 e. The van der Waals surface area contributed by atoms with Gasteiger partial charge in [0.25, 0.3) is 0 Å². The third-order valence-electron chi connectivity index (χ3n) is 14.2. The van der Waals surface area contributed by atoms with Crippen molar-refractivity contribution in [3.8, 4) is 0 Å². The molecule has 9 aromatic carbocycles. The van der Waals surface area contributed by atoms with Crippen LogP contribution in [0.4, 0.5) is 28.4 Å². The molecule has 0 spiro atoms. The molecule has 0 fully saturated rings. The quantitative estimate of drug-likeness (QED) is 0.160. The maximum atomic E-state index is 6.30. The first kappa shape index (κ1) is 37.1. The molecule has 12 aromatic rings. The van der Waals surface area contributed by atoms with E-state index in [1.54, 1.807) is 0 Å². The van der Waals surface area contributed by atoms with E-state index in [2.05, 4.69) is 233 Å². The SMILES string of the molecule is C1=CCCC(N(c2ccccc2)c2ccc3cc4c5c6c(c7cc8ccc(N(c9ccccc9)c9ccccc9)cc8cc7n6c4cc3c2)CC(c2ccc3oc4ccccc4c3c2)C=5)=C1. The first-order valence-corrected chi connectivity index (χ1v) is 23.1. The van der Waals surface area contributed by atoms with E-state index in [-0.39, 0.29) is 5.92 Å². The first-order chi connectivity index (χ1) is 32.7. The Morgan fingerprint density at radius 2 is 1.08 bits per heavy atom. The number of hydrogen-bond donors (Lipinski definition) is 0. The number of hydrogen-bond acceptors (Lipinski definition) is 3. The van der Waals surface area contributed by atoms with E-state index in [0.29, 0.717) is 0 Å². The highest BCUT2D eigenvalue weighted by atomic mass is 16.3. The molecule has 14 rings (SSSR count). The first-order valence-electron chi connectivity index (χ1n) is 23.1. The van der Waals surface area contributed by atoms with Crippen LogP contribution in [0.3, 0.4) is 0 Å². The van der Waals surface area contributed by atoms with Gasteiger partial charge in [0, 0.05) is 66.8 Å². The van der Waals surface area contributed by atoms with Crippen LogP contribution in [0.25, 0.3) is 76.9 Å². The zero-order valence-corrected chi connectivity index (χ0v) is 36.2. The van der Waals surface area contributed by atoms with E-state index < -0.39 is 0 Å². The number of anilines is 5. The van der Waals surface area contributed by atoms with Crippen molar-refractivity contribution >= 4 is 105 Å². The van der Waals surface area contributed by atoms with Crippen molar-refractivity contribution in [2.45, 2.75) is 25.2 Å². The Bertz CT molecular complexity index is 3990. The van der Waals surface area contributed by atoms with Gasteiger partial charge >= 0.3 is 0 Å². The van der Waals surface area contributed by atoms with Gasteiger partial charge in [-0.2, -0.15) is 0 Å². The van der Waals surface area contributed by atoms with E-state index in [1.807, 2.05) is 0 Å². The normalized spacial score (nSPS) is 14.8. The lowest BCUT2D eigenvalue weighted by Crippen LogP contribution is -2.17. The van der Waals surface area contributed by atoms with E-state index in [4.69, 9.17) is 4.42 Å². The Labute approximate surface area is 381 Å². The summed E-state index contributed by atoms with van der Waals surface area (Å²) in [6.45, 7) is 0. The lowest BCUT2D eigenvalue weighted by molar-refractivity contribution is 0.668. The summed E-state index contributed by atoms with van der Waals surface area (Å²) in [4.78, 5) is 4.79. The molecule has 4 nitrogen and oxygen atoms in total. The van der Waals surface area contributed by atoms with Crippen LogP contribution >= 0.6 is 0 Å². The maximum Gasteiger partial charge on any atom is 0.135 e. The molecule has 4 heteroatoms. The van der Waals surface area contributed by atoms with E-state index >= 15 is 0 Å². The third kappa shape index (κ3) is 5.78. The highest BCUT2D eigenvalue weighted by Crippen LogP contribution is 2.43. The minimum absolute atomic E-state index is 0.189. The topological polar surface area (TPSA) is 24.0 Å². The van der Waals surface area contributed by atoms with Crippen LogP contribution in [0, 0.1) is 0 Å². The van der Waals surface area contributed by atoms with Crippen molar-refractivity contribution in [3.63, 3.8) is 0 Å². The van der Waals surface area contributed by atoms with Gasteiger partial charge in [0.2, 0.25) is 0 Å². The Balaban J connectivity index is 1.00. The van der Waals surface area contributed by atoms with Crippen LogP contribution in [0.2, 0.25) is 0 Å². The highest BCUT2D eigenvalue weighted by molar-refractivity contribution is 6.11. The summed E-state index contributed by atoms with van der Waals surface area (Å²) >= 11 is 0. The molecular weight excluding hydrogens is 803 g/mol. The summed E-state index contributed by atoms with van der Waals surface area (Å²) in [5.41, 5.74) is 15.5. The van der Waals surface area contributed by atoms with Crippen molar-refractivity contribution in [1.29, 1.82) is 0 Å². The van der Waals surface area contributed by atoms with Crippen molar-refractivity contribution < 1.29 is 4.42 Å². The van der Waals surface area contributed by atoms with Gasteiger partial charge in [-0.25, -0.2) is 0 Å². The fraction of sp³-hybridized carbons (Fsp3) is 0.0645. The Kier molecular flexibility index (Phi) is 8.20. The van der Waals surface area contributed by atoms with Crippen LogP contribution in [-0.2, 0) is 6.42 Å². The molecule has 3 heterocycles. The van der Waals surface area contributed by atoms with E-state index in [0.717, 1.165) is 52.9 Å². The van der Waals surface area contributed by atoms with Gasteiger partial charge in [-0.05, 0) is 161 Å². The zero-order chi connectivity index (χ0) is 43.3. The molecule has 0 bridgehead atoms. The molecule has 0 aliphatic heterocycles. The highest BCUT2D eigenvalue weighted by Gasteiger charge is 2.27. The van der Waals surface area contributed by atoms with Crippen LogP contribution in [0.1, 0.15) is 29.9 Å². The number of furan rings is 1. The van der Waals surface area contributed by atoms with E-state index in [1.165, 1.54) is 87.7 Å². The van der Waals surface area contributed by atoms with Gasteiger partial charge in [-0.3, -0.25) is 0 Å². The number of nitrogens with zero attached hydrogens (tertiary/aromatic N) is 3. The lowest BCUT2D eigenvalue weighted by Gasteiger charge is -2.29. The molecule has 0 N–H and O–H groups in total. The number of allylic oxidation sites excluding steroid dienone is 4. The molecule has 312 valence electrons. The van der Waals surface area contributed by atoms with Crippen LogP contribution < -0.4 is 15.0 Å². The monoisotopic (exact) mass is 845 g/mol. The van der Waals surface area contributed by atoms with Crippen LogP contribution in [-0.4, -0.2) is 4.40 Å². The summed E-state index contributed by atoms with van der Waals surface area (Å²) in [5.74, 6) is 0.189. The zero-order valence-electron chi connectivity index (χ0n) is 36.2. The lowest BCUT2D eigenvalue weighted by atomic mass is 9.85. The van der Waals surface area contributed by atoms with Gasteiger partial charge in [0.15, 0.2) is 0 Å². The van der Waals surface area contributed by atoms with Crippen LogP contribution in [0.15, 0.2) is 222 Å². The van der Waals surface area contributed by atoms with Crippen LogP contribution in [0.5, 0.6) is 0 Å². The molecule has 0 saturated heterocycles. The molecule has 0 amide bonds. The van der Waals surface area contributed by atoms with Gasteiger partial charge in [-0.15, -0.1) is 0 Å². The standard InChI is InChI=1S/C62H43N3O/c1-5-15-46(16-6-1)63(47-17-7-2-8-18-47)50-28-25-40-33-53-56-36-45(42-27-30-61-55(35-42)52-23-13-14-24-60(52)66-61)37-57-54-34-41-26-29-51(64(48-19-9-3-10-20-48)49-21-11-4-12-22-49)32-44(41)39-59(54)65(62(56)57)58(53)38-43(40)31-50/h1-11,13-21,23-35,37-39,45H,12,22,36H2. The van der Waals surface area contributed by atoms with Crippen molar-refractivity contribution in [2.75, 3.05) is 9.80 Å². The van der Waals surface area contributed by atoms with Crippen molar-refractivity contribution in [3.05, 3.63) is 234 Å². The molecule has 1 atom stereocenters. The molecule has 1 unspecified atom stereocenters. The second-order valence-corrected chi connectivity index (χ2v) is 18.0. The number of aromatic nitrogens is 1. The molecular formula is C62H43N3O. The molecule has 2 aliphatic rings. The Morgan fingerprint density at radius 3 is 1.76 bits per heavy atom. The fourth-order valence-electron chi connectivity index (χ4n) is 11.2. The fourth-order valence-corrected chi connectivity index (χ4v) is 11.2. The predicted molar refractivity (Wildman–Crippen MR) is 277 cm³/mol. The summed E-state index contributed by atoms with van der Waals surface area (Å²) in [7, 11) is 0. The van der Waals surface area contributed by atoms with Gasteiger partial charge in [0.1, 0.15) is 11.2 Å². The van der Waals surface area contributed by atoms with Crippen molar-refractivity contribution in [1.82, 2.24) is 4.40 Å². The minimum atomic E-state index is 0.189. The third-order valence-corrected chi connectivity index (χ3v) is 14.2. The summed E-state index contributed by atoms with van der Waals surface area (Å²) in [6.07, 6.45) is 12.2. The smallest absolute Gasteiger partial charge is 0.135 e. The summed E-state index contributed by atoms with van der Waals surface area (Å²) in [5, 5.41) is 11.2. The predicted octanol–water partition coefficient (Wildman–Crippen LogP) is 16.1. The number of fused-ring (bicyclic) bond motifs is 11. The second-order valence-electron chi connectivity index (χ2n) is 18.0. The molecule has 3 aromatic heterocycles. The van der Waals surface area contributed by atoms with Gasteiger partial charge < -0.3 is 18.6 Å². The largest absolute Gasteiger partial charge is 0.456 e. The molecule has 2 aliphatic carbocycles. The molecule has 0 saturated carbocycles. The Hall–Kier alpha value is -8.34. The van der Waals surface area contributed by atoms with E-state index in [9.17, 15) is 0 Å². The van der Waals surface area contributed by atoms with Gasteiger partial charge in [0.05, 0.1) is 16.6 Å². The Morgan fingerprint density at radius 1 is 0.470 bits per heavy atom. The number of para-hydroxylation sites is 4. The average molecular weight is 846 g/mol. The summed E-state index contributed by atoms with van der Waals surface area (Å²) < 4.78 is 8.89. The maximum absolute atomic E-state index is 6.30. The molecule has 0 radical (unpaired) electrons. The number of benzene rings is 9. The number of rotatable bonds is 7. The van der Waals surface area contributed by atoms with Crippen molar-refractivity contribution in [2.24, 2.45) is 0 Å². The second kappa shape index (κ2) is 14.6. The molecule has 66 heavy (non-hydrogen) atoms.